The van der Waals surface area contributed by atoms with Crippen LogP contribution in [0.5, 0.6) is 11.6 Å². The Labute approximate surface area is 110 Å². The Morgan fingerprint density at radius 1 is 1.33 bits per heavy atom. The van der Waals surface area contributed by atoms with Gasteiger partial charge in [0.05, 0.1) is 5.69 Å². The van der Waals surface area contributed by atoms with E-state index in [9.17, 15) is 0 Å². The van der Waals surface area contributed by atoms with Gasteiger partial charge in [0.25, 0.3) is 0 Å². The lowest BCUT2D eigenvalue weighted by Crippen LogP contribution is -1.96. The van der Waals surface area contributed by atoms with E-state index in [0.29, 0.717) is 22.0 Å². The molecule has 90 valence electrons. The van der Waals surface area contributed by atoms with Crippen LogP contribution in [0.3, 0.4) is 0 Å². The molecule has 1 aromatic carbocycles. The van der Waals surface area contributed by atoms with Crippen LogP contribution in [0.4, 0.5) is 5.69 Å². The highest BCUT2D eigenvalue weighted by molar-refractivity contribution is 6.30. The highest BCUT2D eigenvalue weighted by atomic mass is 35.5. The van der Waals surface area contributed by atoms with Crippen LogP contribution in [0.1, 0.15) is 11.3 Å². The van der Waals surface area contributed by atoms with Gasteiger partial charge in [-0.15, -0.1) is 0 Å². The van der Waals surface area contributed by atoms with Gasteiger partial charge in [0.1, 0.15) is 11.6 Å². The van der Waals surface area contributed by atoms with Crippen molar-refractivity contribution in [3.05, 3.63) is 46.6 Å². The molecular weight excluding hydrogens is 250 g/mol. The number of rotatable bonds is 2. The summed E-state index contributed by atoms with van der Waals surface area (Å²) in [6.45, 7) is 1.82. The second-order valence-corrected chi connectivity index (χ2v) is 4.14. The van der Waals surface area contributed by atoms with Crippen LogP contribution >= 0.6 is 11.6 Å². The normalized spacial score (nSPS) is 9.83. The minimum atomic E-state index is 0.242. The minimum absolute atomic E-state index is 0.242. The SMILES string of the molecule is Cc1ccc(C#N)c(Oc2ccc(Cl)cc2N)n1. The van der Waals surface area contributed by atoms with E-state index in [-0.39, 0.29) is 5.88 Å². The number of nitrogen functional groups attached to an aromatic ring is 1. The Hall–Kier alpha value is -2.25. The molecule has 0 fully saturated rings. The summed E-state index contributed by atoms with van der Waals surface area (Å²) in [5, 5.41) is 9.50. The van der Waals surface area contributed by atoms with Crippen molar-refractivity contribution in [1.82, 2.24) is 4.98 Å². The van der Waals surface area contributed by atoms with Crippen molar-refractivity contribution in [2.75, 3.05) is 5.73 Å². The van der Waals surface area contributed by atoms with E-state index in [1.54, 1.807) is 30.3 Å². The Bertz CT molecular complexity index is 635. The molecule has 0 saturated heterocycles. The summed E-state index contributed by atoms with van der Waals surface area (Å²) in [7, 11) is 0. The van der Waals surface area contributed by atoms with Crippen molar-refractivity contribution >= 4 is 17.3 Å². The van der Waals surface area contributed by atoms with Crippen LogP contribution in [-0.4, -0.2) is 4.98 Å². The molecule has 0 atom stereocenters. The van der Waals surface area contributed by atoms with Gasteiger partial charge in [-0.2, -0.15) is 5.26 Å². The van der Waals surface area contributed by atoms with E-state index < -0.39 is 0 Å². The summed E-state index contributed by atoms with van der Waals surface area (Å²) in [6, 6.07) is 10.3. The Balaban J connectivity index is 2.40. The van der Waals surface area contributed by atoms with E-state index in [1.165, 1.54) is 0 Å². The number of ether oxygens (including phenoxy) is 1. The number of nitrogens with two attached hydrogens (primary N) is 1. The van der Waals surface area contributed by atoms with Gasteiger partial charge in [-0.1, -0.05) is 11.6 Å². The number of aryl methyl sites for hydroxylation is 1. The molecule has 0 aliphatic heterocycles. The Morgan fingerprint density at radius 3 is 2.78 bits per heavy atom. The Morgan fingerprint density at radius 2 is 2.11 bits per heavy atom. The number of hydrogen-bond acceptors (Lipinski definition) is 4. The summed E-state index contributed by atoms with van der Waals surface area (Å²) < 4.78 is 5.55. The molecule has 5 heteroatoms. The van der Waals surface area contributed by atoms with Gasteiger partial charge in [0, 0.05) is 10.7 Å². The van der Waals surface area contributed by atoms with Crippen LogP contribution in [0.15, 0.2) is 30.3 Å². The quantitative estimate of drug-likeness (QED) is 0.840. The van der Waals surface area contributed by atoms with Gasteiger partial charge in [0.15, 0.2) is 5.75 Å². The fourth-order valence-electron chi connectivity index (χ4n) is 1.41. The molecule has 4 nitrogen and oxygen atoms in total. The summed E-state index contributed by atoms with van der Waals surface area (Å²) in [5.41, 5.74) is 7.29. The lowest BCUT2D eigenvalue weighted by atomic mass is 10.2. The van der Waals surface area contributed by atoms with Crippen molar-refractivity contribution in [2.45, 2.75) is 6.92 Å². The molecule has 0 bridgehead atoms. The molecular formula is C13H10ClN3O. The van der Waals surface area contributed by atoms with Crippen molar-refractivity contribution < 1.29 is 4.74 Å². The third kappa shape index (κ3) is 2.53. The lowest BCUT2D eigenvalue weighted by Gasteiger charge is -2.09. The number of pyridine rings is 1. The average Bonchev–Trinajstić information content (AvgIpc) is 2.33. The summed E-state index contributed by atoms with van der Waals surface area (Å²) >= 11 is 5.80. The molecule has 0 radical (unpaired) electrons. The van der Waals surface area contributed by atoms with Gasteiger partial charge >= 0.3 is 0 Å². The van der Waals surface area contributed by atoms with Crippen molar-refractivity contribution in [2.24, 2.45) is 0 Å². The predicted molar refractivity (Wildman–Crippen MR) is 69.6 cm³/mol. The first kappa shape index (κ1) is 12.2. The second kappa shape index (κ2) is 4.94. The van der Waals surface area contributed by atoms with Gasteiger partial charge in [0.2, 0.25) is 5.88 Å². The van der Waals surface area contributed by atoms with E-state index in [4.69, 9.17) is 27.3 Å². The summed E-state index contributed by atoms with van der Waals surface area (Å²) in [4.78, 5) is 4.17. The zero-order valence-electron chi connectivity index (χ0n) is 9.64. The topological polar surface area (TPSA) is 71.9 Å². The minimum Gasteiger partial charge on any atom is -0.436 e. The number of nitriles is 1. The smallest absolute Gasteiger partial charge is 0.237 e. The van der Waals surface area contributed by atoms with Crippen LogP contribution in [0.25, 0.3) is 0 Å². The van der Waals surface area contributed by atoms with Gasteiger partial charge in [-0.25, -0.2) is 4.98 Å². The van der Waals surface area contributed by atoms with Crippen LogP contribution in [0, 0.1) is 18.3 Å². The summed E-state index contributed by atoms with van der Waals surface area (Å²) in [5.74, 6) is 0.667. The number of nitrogens with zero attached hydrogens (tertiary/aromatic N) is 2. The fourth-order valence-corrected chi connectivity index (χ4v) is 1.59. The first-order chi connectivity index (χ1) is 8.60. The monoisotopic (exact) mass is 259 g/mol. The van der Waals surface area contributed by atoms with Gasteiger partial charge in [-0.05, 0) is 37.3 Å². The molecule has 0 saturated carbocycles. The molecule has 0 aliphatic rings. The molecule has 2 aromatic rings. The first-order valence-corrected chi connectivity index (χ1v) is 5.58. The van der Waals surface area contributed by atoms with E-state index in [2.05, 4.69) is 4.98 Å². The van der Waals surface area contributed by atoms with Crippen LogP contribution < -0.4 is 10.5 Å². The van der Waals surface area contributed by atoms with Gasteiger partial charge < -0.3 is 10.5 Å². The average molecular weight is 260 g/mol. The molecule has 0 spiro atoms. The van der Waals surface area contributed by atoms with Crippen molar-refractivity contribution in [3.8, 4) is 17.7 Å². The molecule has 0 amide bonds. The van der Waals surface area contributed by atoms with Gasteiger partial charge in [-0.3, -0.25) is 0 Å². The van der Waals surface area contributed by atoms with Crippen molar-refractivity contribution in [1.29, 1.82) is 5.26 Å². The number of hydrogen-bond donors (Lipinski definition) is 1. The summed E-state index contributed by atoms with van der Waals surface area (Å²) in [6.07, 6.45) is 0. The molecule has 2 N–H and O–H groups in total. The zero-order chi connectivity index (χ0) is 13.1. The number of benzene rings is 1. The first-order valence-electron chi connectivity index (χ1n) is 5.21. The standard InChI is InChI=1S/C13H10ClN3O/c1-8-2-3-9(7-15)13(17-8)18-12-5-4-10(14)6-11(12)16/h2-6H,16H2,1H3. The third-order valence-electron chi connectivity index (χ3n) is 2.30. The van der Waals surface area contributed by atoms with Crippen molar-refractivity contribution in [3.63, 3.8) is 0 Å². The maximum atomic E-state index is 8.98. The maximum absolute atomic E-state index is 8.98. The maximum Gasteiger partial charge on any atom is 0.237 e. The molecule has 2 rings (SSSR count). The molecule has 1 heterocycles. The third-order valence-corrected chi connectivity index (χ3v) is 2.53. The number of anilines is 1. The highest BCUT2D eigenvalue weighted by Crippen LogP contribution is 2.30. The molecule has 0 aliphatic carbocycles. The van der Waals surface area contributed by atoms with E-state index in [0.717, 1.165) is 5.69 Å². The number of halogens is 1. The molecule has 18 heavy (non-hydrogen) atoms. The largest absolute Gasteiger partial charge is 0.436 e. The molecule has 0 unspecified atom stereocenters. The highest BCUT2D eigenvalue weighted by Gasteiger charge is 2.09. The Kier molecular flexibility index (Phi) is 3.35. The zero-order valence-corrected chi connectivity index (χ0v) is 10.4. The fraction of sp³-hybridized carbons (Fsp3) is 0.0769. The number of aromatic nitrogens is 1. The predicted octanol–water partition coefficient (Wildman–Crippen LogP) is 3.29. The van der Waals surface area contributed by atoms with Crippen LogP contribution in [-0.2, 0) is 0 Å². The second-order valence-electron chi connectivity index (χ2n) is 3.70. The van der Waals surface area contributed by atoms with E-state index in [1.807, 2.05) is 13.0 Å². The van der Waals surface area contributed by atoms with Crippen LogP contribution in [0.2, 0.25) is 5.02 Å². The van der Waals surface area contributed by atoms with E-state index >= 15 is 0 Å². The molecule has 1 aromatic heterocycles. The lowest BCUT2D eigenvalue weighted by molar-refractivity contribution is 0.462.